The first-order chi connectivity index (χ1) is 17.3. The second kappa shape index (κ2) is 8.96. The summed E-state index contributed by atoms with van der Waals surface area (Å²) in [6.45, 7) is 9.28. The van der Waals surface area contributed by atoms with Gasteiger partial charge in [-0.25, -0.2) is 4.98 Å². The average Bonchev–Trinajstić information content (AvgIpc) is 3.45. The standard InChI is InChI=1S/C29H30N2O3S2/c1-17-6-5-7-20(12-17)31-27(32)25-21-10-9-19(29(2,3)4)14-24(21)36-26(25)30-28(31)35-15-18-8-11-22-23(13-18)34-16-33-22/h5-8,11-13,19H,9-10,14-16H2,1-4H3. The molecule has 0 saturated carbocycles. The summed E-state index contributed by atoms with van der Waals surface area (Å²) in [6.07, 6.45) is 3.10. The van der Waals surface area contributed by atoms with Gasteiger partial charge >= 0.3 is 0 Å². The number of aromatic nitrogens is 2. The maximum Gasteiger partial charge on any atom is 0.267 e. The Morgan fingerprint density at radius 2 is 1.97 bits per heavy atom. The molecule has 0 spiro atoms. The Morgan fingerprint density at radius 3 is 2.78 bits per heavy atom. The molecule has 0 bridgehead atoms. The predicted octanol–water partition coefficient (Wildman–Crippen LogP) is 6.93. The Balaban J connectivity index is 1.44. The number of benzene rings is 2. The molecule has 2 aromatic heterocycles. The van der Waals surface area contributed by atoms with Crippen molar-refractivity contribution < 1.29 is 9.47 Å². The van der Waals surface area contributed by atoms with Crippen LogP contribution in [0.3, 0.4) is 0 Å². The molecule has 4 aromatic rings. The Labute approximate surface area is 219 Å². The lowest BCUT2D eigenvalue weighted by Gasteiger charge is -2.33. The van der Waals surface area contributed by atoms with Gasteiger partial charge in [0.25, 0.3) is 5.56 Å². The zero-order valence-corrected chi connectivity index (χ0v) is 22.7. The predicted molar refractivity (Wildman–Crippen MR) is 147 cm³/mol. The van der Waals surface area contributed by atoms with Gasteiger partial charge in [0.05, 0.1) is 11.1 Å². The van der Waals surface area contributed by atoms with Gasteiger partial charge in [-0.15, -0.1) is 11.3 Å². The number of ether oxygens (including phenoxy) is 2. The van der Waals surface area contributed by atoms with Crippen molar-refractivity contribution in [3.05, 3.63) is 74.4 Å². The van der Waals surface area contributed by atoms with Crippen molar-refractivity contribution >= 4 is 33.3 Å². The highest BCUT2D eigenvalue weighted by atomic mass is 32.2. The minimum absolute atomic E-state index is 0.0468. The van der Waals surface area contributed by atoms with Crippen molar-refractivity contribution in [3.63, 3.8) is 0 Å². The van der Waals surface area contributed by atoms with Crippen molar-refractivity contribution in [2.24, 2.45) is 11.3 Å². The molecule has 0 N–H and O–H groups in total. The van der Waals surface area contributed by atoms with E-state index in [4.69, 9.17) is 14.5 Å². The Bertz CT molecular complexity index is 1530. The summed E-state index contributed by atoms with van der Waals surface area (Å²) in [6, 6.07) is 14.1. The van der Waals surface area contributed by atoms with Gasteiger partial charge in [0.1, 0.15) is 4.83 Å². The molecule has 7 heteroatoms. The fourth-order valence-electron chi connectivity index (χ4n) is 5.22. The highest BCUT2D eigenvalue weighted by Crippen LogP contribution is 2.43. The maximum absolute atomic E-state index is 14.1. The number of thioether (sulfide) groups is 1. The smallest absolute Gasteiger partial charge is 0.267 e. The first-order valence-corrected chi connectivity index (χ1v) is 14.2. The lowest BCUT2D eigenvalue weighted by Crippen LogP contribution is -2.27. The Hall–Kier alpha value is -2.77. The first-order valence-electron chi connectivity index (χ1n) is 12.4. The first kappa shape index (κ1) is 23.6. The van der Waals surface area contributed by atoms with Crippen molar-refractivity contribution in [3.8, 4) is 17.2 Å². The fourth-order valence-corrected chi connectivity index (χ4v) is 7.51. The molecule has 36 heavy (non-hydrogen) atoms. The van der Waals surface area contributed by atoms with Gasteiger partial charge in [0.15, 0.2) is 16.7 Å². The zero-order chi connectivity index (χ0) is 25.0. The minimum atomic E-state index is 0.0468. The summed E-state index contributed by atoms with van der Waals surface area (Å²) < 4.78 is 12.8. The molecule has 1 aliphatic heterocycles. The van der Waals surface area contributed by atoms with Crippen LogP contribution in [0.1, 0.15) is 48.8 Å². The highest BCUT2D eigenvalue weighted by Gasteiger charge is 2.32. The molecular formula is C29H30N2O3S2. The van der Waals surface area contributed by atoms with Gasteiger partial charge in [-0.05, 0) is 78.5 Å². The molecule has 1 unspecified atom stereocenters. The second-order valence-corrected chi connectivity index (χ2v) is 12.9. The molecule has 3 heterocycles. The lowest BCUT2D eigenvalue weighted by atomic mass is 9.72. The van der Waals surface area contributed by atoms with E-state index in [1.165, 1.54) is 10.4 Å². The van der Waals surface area contributed by atoms with Gasteiger partial charge in [-0.1, -0.05) is 50.7 Å². The highest BCUT2D eigenvalue weighted by molar-refractivity contribution is 7.98. The molecule has 5 nitrogen and oxygen atoms in total. The van der Waals surface area contributed by atoms with Crippen LogP contribution in [-0.2, 0) is 18.6 Å². The summed E-state index contributed by atoms with van der Waals surface area (Å²) in [4.78, 5) is 21.4. The third-order valence-electron chi connectivity index (χ3n) is 7.34. The minimum Gasteiger partial charge on any atom is -0.454 e. The van der Waals surface area contributed by atoms with Gasteiger partial charge in [0.2, 0.25) is 6.79 Å². The van der Waals surface area contributed by atoms with Crippen molar-refractivity contribution in [2.75, 3.05) is 6.79 Å². The number of aryl methyl sites for hydroxylation is 2. The molecule has 6 rings (SSSR count). The Kier molecular flexibility index (Phi) is 5.88. The third-order valence-corrected chi connectivity index (χ3v) is 9.50. The summed E-state index contributed by atoms with van der Waals surface area (Å²) in [7, 11) is 0. The second-order valence-electron chi connectivity index (χ2n) is 10.8. The van der Waals surface area contributed by atoms with Crippen LogP contribution in [0, 0.1) is 18.3 Å². The summed E-state index contributed by atoms with van der Waals surface area (Å²) in [5.41, 5.74) is 4.62. The van der Waals surface area contributed by atoms with E-state index < -0.39 is 0 Å². The number of rotatable bonds is 4. The van der Waals surface area contributed by atoms with Crippen molar-refractivity contribution in [1.82, 2.24) is 9.55 Å². The van der Waals surface area contributed by atoms with Crippen molar-refractivity contribution in [1.29, 1.82) is 0 Å². The molecule has 2 aromatic carbocycles. The van der Waals surface area contributed by atoms with E-state index >= 15 is 0 Å². The van der Waals surface area contributed by atoms with E-state index in [2.05, 4.69) is 39.8 Å². The monoisotopic (exact) mass is 518 g/mol. The number of fused-ring (bicyclic) bond motifs is 4. The van der Waals surface area contributed by atoms with E-state index in [1.807, 2.05) is 34.9 Å². The maximum atomic E-state index is 14.1. The Morgan fingerprint density at radius 1 is 1.14 bits per heavy atom. The van der Waals surface area contributed by atoms with E-state index in [0.717, 1.165) is 62.9 Å². The topological polar surface area (TPSA) is 53.4 Å². The molecule has 0 amide bonds. The van der Waals surface area contributed by atoms with Gasteiger partial charge < -0.3 is 9.47 Å². The molecule has 1 atom stereocenters. The van der Waals surface area contributed by atoms with Crippen LogP contribution in [0.2, 0.25) is 0 Å². The van der Waals surface area contributed by atoms with Gasteiger partial charge in [-0.3, -0.25) is 9.36 Å². The molecule has 186 valence electrons. The largest absolute Gasteiger partial charge is 0.454 e. The van der Waals surface area contributed by atoms with Crippen LogP contribution in [-0.4, -0.2) is 16.3 Å². The lowest BCUT2D eigenvalue weighted by molar-refractivity contribution is 0.174. The van der Waals surface area contributed by atoms with Crippen molar-refractivity contribution in [2.45, 2.75) is 57.9 Å². The van der Waals surface area contributed by atoms with Crippen LogP contribution in [0.25, 0.3) is 15.9 Å². The normalized spacial score (nSPS) is 16.9. The SMILES string of the molecule is Cc1cccc(-n2c(SCc3ccc4c(c3)OCO4)nc3sc4c(c3c2=O)CCC(C(C)(C)C)C4)c1. The molecule has 0 fully saturated rings. The van der Waals surface area contributed by atoms with Crippen LogP contribution >= 0.6 is 23.1 Å². The van der Waals surface area contributed by atoms with Crippen LogP contribution in [0.15, 0.2) is 52.4 Å². The zero-order valence-electron chi connectivity index (χ0n) is 21.1. The molecular weight excluding hydrogens is 488 g/mol. The number of thiophene rings is 1. The summed E-state index contributed by atoms with van der Waals surface area (Å²) in [5, 5.41) is 1.54. The van der Waals surface area contributed by atoms with E-state index in [0.29, 0.717) is 11.7 Å². The molecule has 0 saturated heterocycles. The quantitative estimate of drug-likeness (QED) is 0.217. The summed E-state index contributed by atoms with van der Waals surface area (Å²) in [5.74, 6) is 2.85. The van der Waals surface area contributed by atoms with Crippen LogP contribution in [0.5, 0.6) is 11.5 Å². The van der Waals surface area contributed by atoms with Gasteiger partial charge in [0, 0.05) is 10.6 Å². The average molecular weight is 519 g/mol. The van der Waals surface area contributed by atoms with E-state index in [9.17, 15) is 4.79 Å². The number of nitrogens with zero attached hydrogens (tertiary/aromatic N) is 2. The third kappa shape index (κ3) is 4.22. The van der Waals surface area contributed by atoms with Crippen LogP contribution < -0.4 is 15.0 Å². The number of hydrogen-bond acceptors (Lipinski definition) is 6. The van der Waals surface area contributed by atoms with Crippen LogP contribution in [0.4, 0.5) is 0 Å². The van der Waals surface area contributed by atoms with E-state index in [-0.39, 0.29) is 17.8 Å². The molecule has 0 radical (unpaired) electrons. The molecule has 1 aliphatic carbocycles. The summed E-state index contributed by atoms with van der Waals surface area (Å²) >= 11 is 3.31. The fraction of sp³-hybridized carbons (Fsp3) is 0.379. The van der Waals surface area contributed by atoms with E-state index in [1.54, 1.807) is 23.1 Å². The molecule has 2 aliphatic rings. The van der Waals surface area contributed by atoms with Gasteiger partial charge in [-0.2, -0.15) is 0 Å². The number of hydrogen-bond donors (Lipinski definition) is 0.